The number of hydrogen-bond donors (Lipinski definition) is 2. The number of nitrogen functional groups attached to an aromatic ring is 1. The van der Waals surface area contributed by atoms with Crippen LogP contribution in [-0.2, 0) is 6.42 Å². The topological polar surface area (TPSA) is 93.4 Å². The summed E-state index contributed by atoms with van der Waals surface area (Å²) in [6, 6.07) is 3.90. The summed E-state index contributed by atoms with van der Waals surface area (Å²) in [5, 5.41) is 7.64. The van der Waals surface area contributed by atoms with E-state index in [0.717, 1.165) is 16.6 Å². The molecule has 3 heterocycles. The summed E-state index contributed by atoms with van der Waals surface area (Å²) in [4.78, 5) is 12.3. The zero-order valence-electron chi connectivity index (χ0n) is 8.96. The number of nitrogens with one attached hydrogen (secondary N) is 1. The average molecular weight is 226 g/mol. The molecule has 3 rings (SSSR count). The van der Waals surface area contributed by atoms with E-state index in [1.807, 2.05) is 12.1 Å². The number of aromatic amines is 1. The van der Waals surface area contributed by atoms with E-state index in [-0.39, 0.29) is 5.95 Å². The van der Waals surface area contributed by atoms with E-state index in [9.17, 15) is 0 Å². The van der Waals surface area contributed by atoms with E-state index in [2.05, 4.69) is 25.1 Å². The van der Waals surface area contributed by atoms with E-state index < -0.39 is 0 Å². The zero-order chi connectivity index (χ0) is 11.7. The fraction of sp³-hybridized carbons (Fsp3) is 0.0909. The minimum atomic E-state index is 0.255. The van der Waals surface area contributed by atoms with Gasteiger partial charge in [-0.1, -0.05) is 0 Å². The smallest absolute Gasteiger partial charge is 0.222 e. The van der Waals surface area contributed by atoms with E-state index in [1.54, 1.807) is 18.6 Å². The molecule has 0 fully saturated rings. The van der Waals surface area contributed by atoms with E-state index >= 15 is 0 Å². The minimum absolute atomic E-state index is 0.255. The summed E-state index contributed by atoms with van der Waals surface area (Å²) in [6.07, 6.45) is 5.91. The van der Waals surface area contributed by atoms with Gasteiger partial charge in [-0.05, 0) is 17.7 Å². The summed E-state index contributed by atoms with van der Waals surface area (Å²) in [5.74, 6) is 0.255. The summed E-state index contributed by atoms with van der Waals surface area (Å²) >= 11 is 0. The number of H-pyrrole nitrogens is 1. The van der Waals surface area contributed by atoms with Crippen LogP contribution in [0.15, 0.2) is 30.7 Å². The Kier molecular flexibility index (Phi) is 2.18. The van der Waals surface area contributed by atoms with Crippen LogP contribution in [0.25, 0.3) is 11.0 Å². The first kappa shape index (κ1) is 9.71. The number of pyridine rings is 1. The van der Waals surface area contributed by atoms with E-state index in [1.165, 1.54) is 0 Å². The molecule has 6 nitrogen and oxygen atoms in total. The van der Waals surface area contributed by atoms with Crippen LogP contribution in [0.4, 0.5) is 5.95 Å². The highest BCUT2D eigenvalue weighted by molar-refractivity contribution is 5.77. The molecular formula is C11H10N6. The first-order valence-corrected chi connectivity index (χ1v) is 5.17. The van der Waals surface area contributed by atoms with Gasteiger partial charge in [0.1, 0.15) is 0 Å². The van der Waals surface area contributed by atoms with Crippen LogP contribution < -0.4 is 5.73 Å². The van der Waals surface area contributed by atoms with Crippen molar-refractivity contribution in [2.75, 3.05) is 5.73 Å². The quantitative estimate of drug-likeness (QED) is 0.677. The van der Waals surface area contributed by atoms with Gasteiger partial charge in [-0.3, -0.25) is 10.1 Å². The van der Waals surface area contributed by atoms with Gasteiger partial charge in [-0.15, -0.1) is 0 Å². The number of aromatic nitrogens is 5. The summed E-state index contributed by atoms with van der Waals surface area (Å²) in [5.41, 5.74) is 8.32. The van der Waals surface area contributed by atoms with Crippen LogP contribution in [0.3, 0.4) is 0 Å². The van der Waals surface area contributed by atoms with E-state index in [0.29, 0.717) is 12.1 Å². The number of hydrogen-bond acceptors (Lipinski definition) is 5. The van der Waals surface area contributed by atoms with Crippen molar-refractivity contribution >= 4 is 17.0 Å². The Morgan fingerprint density at radius 1 is 1.18 bits per heavy atom. The molecule has 0 unspecified atom stereocenters. The predicted molar refractivity (Wildman–Crippen MR) is 63.1 cm³/mol. The lowest BCUT2D eigenvalue weighted by Crippen LogP contribution is -2.01. The maximum Gasteiger partial charge on any atom is 0.222 e. The first-order valence-electron chi connectivity index (χ1n) is 5.17. The highest BCUT2D eigenvalue weighted by Gasteiger charge is 2.08. The van der Waals surface area contributed by atoms with Crippen molar-refractivity contribution in [3.8, 4) is 0 Å². The van der Waals surface area contributed by atoms with Crippen molar-refractivity contribution < 1.29 is 0 Å². The molecule has 0 radical (unpaired) electrons. The summed E-state index contributed by atoms with van der Waals surface area (Å²) in [7, 11) is 0. The lowest BCUT2D eigenvalue weighted by molar-refractivity contribution is 1.06. The number of nitrogens with two attached hydrogens (primary N) is 1. The Bertz CT molecular complexity index is 645. The number of anilines is 1. The van der Waals surface area contributed by atoms with Crippen molar-refractivity contribution in [1.82, 2.24) is 25.1 Å². The lowest BCUT2D eigenvalue weighted by Gasteiger charge is -2.02. The molecule has 0 aliphatic heterocycles. The van der Waals surface area contributed by atoms with Gasteiger partial charge in [0, 0.05) is 18.8 Å². The maximum atomic E-state index is 5.66. The van der Waals surface area contributed by atoms with Gasteiger partial charge in [0.25, 0.3) is 0 Å². The van der Waals surface area contributed by atoms with Gasteiger partial charge in [0.2, 0.25) is 5.95 Å². The molecule has 0 amide bonds. The van der Waals surface area contributed by atoms with Gasteiger partial charge < -0.3 is 5.73 Å². The van der Waals surface area contributed by atoms with Crippen LogP contribution in [0.2, 0.25) is 0 Å². The second-order valence-electron chi connectivity index (χ2n) is 3.69. The predicted octanol–water partition coefficient (Wildman–Crippen LogP) is 0.921. The summed E-state index contributed by atoms with van der Waals surface area (Å²) < 4.78 is 0. The van der Waals surface area contributed by atoms with Crippen LogP contribution >= 0.6 is 0 Å². The second kappa shape index (κ2) is 3.82. The third-order valence-corrected chi connectivity index (χ3v) is 2.53. The fourth-order valence-corrected chi connectivity index (χ4v) is 1.74. The minimum Gasteiger partial charge on any atom is -0.368 e. The average Bonchev–Trinajstić information content (AvgIpc) is 2.78. The Morgan fingerprint density at radius 3 is 2.82 bits per heavy atom. The fourth-order valence-electron chi connectivity index (χ4n) is 1.74. The van der Waals surface area contributed by atoms with Gasteiger partial charge in [0.05, 0.1) is 17.3 Å². The first-order chi connectivity index (χ1) is 8.33. The molecule has 0 spiro atoms. The van der Waals surface area contributed by atoms with Crippen molar-refractivity contribution in [2.24, 2.45) is 0 Å². The highest BCUT2D eigenvalue weighted by Crippen LogP contribution is 2.17. The van der Waals surface area contributed by atoms with Crippen LogP contribution in [0.1, 0.15) is 11.3 Å². The molecule has 0 bridgehead atoms. The lowest BCUT2D eigenvalue weighted by atomic mass is 10.1. The largest absolute Gasteiger partial charge is 0.368 e. The Hall–Kier alpha value is -2.50. The van der Waals surface area contributed by atoms with Gasteiger partial charge in [-0.2, -0.15) is 10.1 Å². The third kappa shape index (κ3) is 1.80. The molecular weight excluding hydrogens is 216 g/mol. The van der Waals surface area contributed by atoms with E-state index in [4.69, 9.17) is 5.73 Å². The second-order valence-corrected chi connectivity index (χ2v) is 3.69. The molecule has 0 atom stereocenters. The standard InChI is InChI=1S/C11H10N6/c12-11-15-9(5-7-1-3-13-4-2-7)8-6-14-17-10(8)16-11/h1-4,6H,5H2,(H3,12,14,15,16,17). The molecule has 3 aromatic heterocycles. The van der Waals surface area contributed by atoms with Crippen LogP contribution in [0.5, 0.6) is 0 Å². The molecule has 3 aromatic rings. The monoisotopic (exact) mass is 226 g/mol. The number of nitrogens with zero attached hydrogens (tertiary/aromatic N) is 4. The molecule has 0 aliphatic rings. The van der Waals surface area contributed by atoms with Crippen LogP contribution in [-0.4, -0.2) is 25.1 Å². The molecule has 0 aromatic carbocycles. The third-order valence-electron chi connectivity index (χ3n) is 2.53. The number of fused-ring (bicyclic) bond motifs is 1. The van der Waals surface area contributed by atoms with Gasteiger partial charge in [-0.25, -0.2) is 4.98 Å². The maximum absolute atomic E-state index is 5.66. The zero-order valence-corrected chi connectivity index (χ0v) is 8.96. The molecule has 84 valence electrons. The van der Waals surface area contributed by atoms with Crippen LogP contribution in [0, 0.1) is 0 Å². The highest BCUT2D eigenvalue weighted by atomic mass is 15.2. The Morgan fingerprint density at radius 2 is 2.00 bits per heavy atom. The number of rotatable bonds is 2. The molecule has 0 saturated heterocycles. The van der Waals surface area contributed by atoms with Crippen molar-refractivity contribution in [3.05, 3.63) is 42.0 Å². The normalized spacial score (nSPS) is 10.8. The van der Waals surface area contributed by atoms with Crippen molar-refractivity contribution in [3.63, 3.8) is 0 Å². The molecule has 0 saturated carbocycles. The van der Waals surface area contributed by atoms with Crippen molar-refractivity contribution in [2.45, 2.75) is 6.42 Å². The summed E-state index contributed by atoms with van der Waals surface area (Å²) in [6.45, 7) is 0. The van der Waals surface area contributed by atoms with Gasteiger partial charge >= 0.3 is 0 Å². The van der Waals surface area contributed by atoms with Crippen molar-refractivity contribution in [1.29, 1.82) is 0 Å². The molecule has 0 aliphatic carbocycles. The van der Waals surface area contributed by atoms with Gasteiger partial charge in [0.15, 0.2) is 5.65 Å². The molecule has 17 heavy (non-hydrogen) atoms. The molecule has 6 heteroatoms. The Labute approximate surface area is 96.9 Å². The molecule has 3 N–H and O–H groups in total. The SMILES string of the molecule is Nc1nc(Cc2ccncc2)c2cn[nH]c2n1. The Balaban J connectivity index is 2.08.